The first kappa shape index (κ1) is 10.5. The van der Waals surface area contributed by atoms with Crippen molar-refractivity contribution in [3.05, 3.63) is 24.3 Å². The monoisotopic (exact) mass is 219 g/mol. The fourth-order valence-corrected chi connectivity index (χ4v) is 3.83. The Balaban J connectivity index is 1.83. The largest absolute Gasteiger partial charge is 0.396 e. The summed E-state index contributed by atoms with van der Waals surface area (Å²) in [6.07, 6.45) is 14.2. The molecule has 2 aliphatic heterocycles. The van der Waals surface area contributed by atoms with Gasteiger partial charge in [0.1, 0.15) is 0 Å². The van der Waals surface area contributed by atoms with E-state index in [9.17, 15) is 5.11 Å². The molecule has 88 valence electrons. The number of piperidine rings is 1. The van der Waals surface area contributed by atoms with Gasteiger partial charge < -0.3 is 5.11 Å². The van der Waals surface area contributed by atoms with Gasteiger partial charge in [-0.3, -0.25) is 4.90 Å². The van der Waals surface area contributed by atoms with Crippen molar-refractivity contribution >= 4 is 0 Å². The molecule has 4 unspecified atom stereocenters. The Bertz CT molecular complexity index is 310. The van der Waals surface area contributed by atoms with E-state index in [4.69, 9.17) is 0 Å². The highest BCUT2D eigenvalue weighted by Crippen LogP contribution is 2.41. The molecule has 3 rings (SSSR count). The van der Waals surface area contributed by atoms with E-state index in [-0.39, 0.29) is 0 Å². The van der Waals surface area contributed by atoms with Crippen LogP contribution in [0, 0.1) is 11.8 Å². The SMILES string of the molecule is OCCC1CC2C=CCN2C2C=CCCC12. The second kappa shape index (κ2) is 4.34. The molecule has 0 radical (unpaired) electrons. The van der Waals surface area contributed by atoms with Gasteiger partial charge in [0.2, 0.25) is 0 Å². The van der Waals surface area contributed by atoms with E-state index in [0.717, 1.165) is 24.8 Å². The lowest BCUT2D eigenvalue weighted by atomic mass is 9.71. The van der Waals surface area contributed by atoms with Gasteiger partial charge in [-0.2, -0.15) is 0 Å². The predicted molar refractivity (Wildman–Crippen MR) is 65.1 cm³/mol. The van der Waals surface area contributed by atoms with Crippen LogP contribution in [-0.4, -0.2) is 35.2 Å². The first-order valence-corrected chi connectivity index (χ1v) is 6.60. The molecule has 2 heterocycles. The number of fused-ring (bicyclic) bond motifs is 3. The lowest BCUT2D eigenvalue weighted by Gasteiger charge is -2.47. The Morgan fingerprint density at radius 1 is 1.25 bits per heavy atom. The van der Waals surface area contributed by atoms with Crippen molar-refractivity contribution in [3.63, 3.8) is 0 Å². The van der Waals surface area contributed by atoms with Gasteiger partial charge in [0, 0.05) is 25.2 Å². The van der Waals surface area contributed by atoms with Crippen molar-refractivity contribution < 1.29 is 5.11 Å². The molecule has 0 amide bonds. The van der Waals surface area contributed by atoms with Gasteiger partial charge in [0.25, 0.3) is 0 Å². The van der Waals surface area contributed by atoms with Crippen LogP contribution in [0.4, 0.5) is 0 Å². The maximum atomic E-state index is 9.20. The van der Waals surface area contributed by atoms with E-state index in [2.05, 4.69) is 29.2 Å². The third-order valence-electron chi connectivity index (χ3n) is 4.57. The number of allylic oxidation sites excluding steroid dienone is 1. The van der Waals surface area contributed by atoms with Crippen molar-refractivity contribution in [3.8, 4) is 0 Å². The molecule has 0 aromatic rings. The zero-order valence-corrected chi connectivity index (χ0v) is 9.76. The summed E-state index contributed by atoms with van der Waals surface area (Å²) in [7, 11) is 0. The molecule has 3 aliphatic rings. The van der Waals surface area contributed by atoms with E-state index in [1.807, 2.05) is 0 Å². The molecular formula is C14H21NO. The van der Waals surface area contributed by atoms with E-state index >= 15 is 0 Å². The van der Waals surface area contributed by atoms with E-state index in [1.54, 1.807) is 0 Å². The van der Waals surface area contributed by atoms with E-state index in [0.29, 0.717) is 18.7 Å². The Morgan fingerprint density at radius 2 is 2.19 bits per heavy atom. The summed E-state index contributed by atoms with van der Waals surface area (Å²) in [4.78, 5) is 2.63. The van der Waals surface area contributed by atoms with Crippen LogP contribution in [0.25, 0.3) is 0 Å². The first-order chi connectivity index (χ1) is 7.90. The van der Waals surface area contributed by atoms with Gasteiger partial charge in [-0.15, -0.1) is 0 Å². The van der Waals surface area contributed by atoms with Gasteiger partial charge in [-0.05, 0) is 37.5 Å². The summed E-state index contributed by atoms with van der Waals surface area (Å²) in [6, 6.07) is 1.28. The van der Waals surface area contributed by atoms with Crippen LogP contribution in [0.3, 0.4) is 0 Å². The van der Waals surface area contributed by atoms with Gasteiger partial charge in [-0.25, -0.2) is 0 Å². The molecule has 4 atom stereocenters. The molecule has 0 aromatic heterocycles. The highest BCUT2D eigenvalue weighted by molar-refractivity contribution is 5.16. The topological polar surface area (TPSA) is 23.5 Å². The summed E-state index contributed by atoms with van der Waals surface area (Å²) in [5.74, 6) is 1.51. The van der Waals surface area contributed by atoms with E-state index < -0.39 is 0 Å². The molecule has 0 bridgehead atoms. The van der Waals surface area contributed by atoms with Crippen LogP contribution in [0.1, 0.15) is 25.7 Å². The van der Waals surface area contributed by atoms with Crippen LogP contribution in [0.5, 0.6) is 0 Å². The average molecular weight is 219 g/mol. The van der Waals surface area contributed by atoms with Crippen molar-refractivity contribution in [1.29, 1.82) is 0 Å². The van der Waals surface area contributed by atoms with Crippen LogP contribution >= 0.6 is 0 Å². The summed E-state index contributed by atoms with van der Waals surface area (Å²) in [6.45, 7) is 1.48. The Labute approximate surface area is 97.6 Å². The van der Waals surface area contributed by atoms with Gasteiger partial charge in [0.05, 0.1) is 0 Å². The number of rotatable bonds is 2. The highest BCUT2D eigenvalue weighted by Gasteiger charge is 2.41. The Morgan fingerprint density at radius 3 is 3.06 bits per heavy atom. The number of nitrogens with zero attached hydrogens (tertiary/aromatic N) is 1. The minimum Gasteiger partial charge on any atom is -0.396 e. The predicted octanol–water partition coefficient (Wildman–Crippen LogP) is 1.96. The second-order valence-electron chi connectivity index (χ2n) is 5.36. The van der Waals surface area contributed by atoms with Gasteiger partial charge in [0.15, 0.2) is 0 Å². The number of aliphatic hydroxyl groups excluding tert-OH is 1. The fourth-order valence-electron chi connectivity index (χ4n) is 3.83. The van der Waals surface area contributed by atoms with Crippen LogP contribution < -0.4 is 0 Å². The zero-order chi connectivity index (χ0) is 11.0. The average Bonchev–Trinajstić information content (AvgIpc) is 2.78. The van der Waals surface area contributed by atoms with Crippen molar-refractivity contribution in [2.45, 2.75) is 37.8 Å². The normalized spacial score (nSPS) is 42.1. The maximum absolute atomic E-state index is 9.20. The van der Waals surface area contributed by atoms with Crippen LogP contribution in [0.2, 0.25) is 0 Å². The zero-order valence-electron chi connectivity index (χ0n) is 9.76. The molecule has 1 N–H and O–H groups in total. The van der Waals surface area contributed by atoms with Crippen molar-refractivity contribution in [2.24, 2.45) is 11.8 Å². The summed E-state index contributed by atoms with van der Waals surface area (Å²) in [5, 5.41) is 9.20. The van der Waals surface area contributed by atoms with Crippen molar-refractivity contribution in [1.82, 2.24) is 4.90 Å². The molecule has 1 saturated heterocycles. The first-order valence-electron chi connectivity index (χ1n) is 6.60. The molecule has 0 spiro atoms. The standard InChI is InChI=1S/C14H21NO/c16-9-7-11-10-12-4-3-8-15(12)14-6-2-1-5-13(11)14/h2-4,6,11-14,16H,1,5,7-10H2. The highest BCUT2D eigenvalue weighted by atomic mass is 16.3. The minimum atomic E-state index is 0.355. The van der Waals surface area contributed by atoms with Crippen molar-refractivity contribution in [2.75, 3.05) is 13.2 Å². The lowest BCUT2D eigenvalue weighted by molar-refractivity contribution is 0.0407. The Kier molecular flexibility index (Phi) is 2.86. The van der Waals surface area contributed by atoms with Gasteiger partial charge >= 0.3 is 0 Å². The molecule has 16 heavy (non-hydrogen) atoms. The number of aliphatic hydroxyl groups is 1. The second-order valence-corrected chi connectivity index (χ2v) is 5.36. The van der Waals surface area contributed by atoms with Crippen LogP contribution in [-0.2, 0) is 0 Å². The molecule has 0 saturated carbocycles. The maximum Gasteiger partial charge on any atom is 0.0433 e. The summed E-state index contributed by atoms with van der Waals surface area (Å²) in [5.41, 5.74) is 0. The quantitative estimate of drug-likeness (QED) is 0.718. The molecule has 1 aliphatic carbocycles. The molecule has 2 nitrogen and oxygen atoms in total. The number of hydrogen-bond acceptors (Lipinski definition) is 2. The molecular weight excluding hydrogens is 198 g/mol. The third-order valence-corrected chi connectivity index (χ3v) is 4.57. The molecule has 1 fully saturated rings. The number of hydrogen-bond donors (Lipinski definition) is 1. The third kappa shape index (κ3) is 1.64. The fraction of sp³-hybridized carbons (Fsp3) is 0.714. The smallest absolute Gasteiger partial charge is 0.0433 e. The summed E-state index contributed by atoms with van der Waals surface area (Å²) >= 11 is 0. The minimum absolute atomic E-state index is 0.355. The van der Waals surface area contributed by atoms with E-state index in [1.165, 1.54) is 19.3 Å². The van der Waals surface area contributed by atoms with Crippen LogP contribution in [0.15, 0.2) is 24.3 Å². The summed E-state index contributed by atoms with van der Waals surface area (Å²) < 4.78 is 0. The lowest BCUT2D eigenvalue weighted by Crippen LogP contribution is -2.51. The van der Waals surface area contributed by atoms with Gasteiger partial charge in [-0.1, -0.05) is 24.3 Å². The molecule has 2 heteroatoms. The Hall–Kier alpha value is -0.600. The molecule has 0 aromatic carbocycles.